The van der Waals surface area contributed by atoms with Gasteiger partial charge in [0.25, 0.3) is 0 Å². The summed E-state index contributed by atoms with van der Waals surface area (Å²) in [6.45, 7) is 4.29. The van der Waals surface area contributed by atoms with Gasteiger partial charge in [-0.25, -0.2) is 0 Å². The SMILES string of the molecule is C[C@]12CCC(=O)C([N+](=O)[O-])=C1CC[C@@H]1[C@H]2CC[C@]2(C)C(=O)CC[C@@H]12. The van der Waals surface area contributed by atoms with Crippen LogP contribution < -0.4 is 0 Å². The zero-order valence-corrected chi connectivity index (χ0v) is 14.5. The van der Waals surface area contributed by atoms with Gasteiger partial charge in [0.15, 0.2) is 0 Å². The lowest BCUT2D eigenvalue weighted by molar-refractivity contribution is -0.422. The average Bonchev–Trinajstić information content (AvgIpc) is 2.83. The Morgan fingerprint density at radius 3 is 2.38 bits per heavy atom. The minimum Gasteiger partial charge on any atom is -0.299 e. The van der Waals surface area contributed by atoms with E-state index in [1.165, 1.54) is 0 Å². The summed E-state index contributed by atoms with van der Waals surface area (Å²) in [7, 11) is 0. The van der Waals surface area contributed by atoms with Crippen LogP contribution in [0.3, 0.4) is 0 Å². The van der Waals surface area contributed by atoms with Gasteiger partial charge in [-0.05, 0) is 61.7 Å². The molecule has 0 aromatic heterocycles. The van der Waals surface area contributed by atoms with Crippen molar-refractivity contribution >= 4 is 11.6 Å². The smallest absolute Gasteiger partial charge is 0.299 e. The van der Waals surface area contributed by atoms with Crippen molar-refractivity contribution in [3.63, 3.8) is 0 Å². The van der Waals surface area contributed by atoms with Gasteiger partial charge in [-0.2, -0.15) is 0 Å². The lowest BCUT2D eigenvalue weighted by atomic mass is 9.47. The van der Waals surface area contributed by atoms with Gasteiger partial charge < -0.3 is 0 Å². The molecule has 4 rings (SSSR count). The fourth-order valence-electron chi connectivity index (χ4n) is 6.67. The first-order valence-corrected chi connectivity index (χ1v) is 9.23. The van der Waals surface area contributed by atoms with E-state index in [0.717, 1.165) is 37.7 Å². The zero-order valence-electron chi connectivity index (χ0n) is 14.5. The van der Waals surface area contributed by atoms with Crippen molar-refractivity contribution in [2.45, 2.75) is 65.2 Å². The number of rotatable bonds is 1. The second-order valence-electron chi connectivity index (χ2n) is 8.76. The Morgan fingerprint density at radius 2 is 1.67 bits per heavy atom. The number of nitrogens with zero attached hydrogens (tertiary/aromatic N) is 1. The van der Waals surface area contributed by atoms with Gasteiger partial charge in [0.05, 0.1) is 4.92 Å². The van der Waals surface area contributed by atoms with Gasteiger partial charge in [-0.3, -0.25) is 19.7 Å². The van der Waals surface area contributed by atoms with Crippen molar-refractivity contribution in [3.8, 4) is 0 Å². The number of Topliss-reactive ketones (excluding diaryl/α,β-unsaturated/α-hetero) is 2. The van der Waals surface area contributed by atoms with E-state index in [4.69, 9.17) is 0 Å². The molecule has 5 atom stereocenters. The maximum Gasteiger partial charge on any atom is 0.311 e. The number of fused-ring (bicyclic) bond motifs is 5. The van der Waals surface area contributed by atoms with Gasteiger partial charge >= 0.3 is 5.70 Å². The molecule has 3 fully saturated rings. The molecule has 5 nitrogen and oxygen atoms in total. The Kier molecular flexibility index (Phi) is 3.32. The van der Waals surface area contributed by atoms with Crippen LogP contribution in [0.5, 0.6) is 0 Å². The van der Waals surface area contributed by atoms with Crippen LogP contribution in [-0.2, 0) is 9.59 Å². The molecule has 0 bridgehead atoms. The molecule has 24 heavy (non-hydrogen) atoms. The minimum atomic E-state index is -0.443. The van der Waals surface area contributed by atoms with Crippen LogP contribution in [-0.4, -0.2) is 16.5 Å². The molecule has 4 aliphatic carbocycles. The maximum atomic E-state index is 12.4. The molecule has 4 aliphatic rings. The number of hydrogen-bond acceptors (Lipinski definition) is 4. The standard InChI is InChI=1S/C19H25NO4/c1-18-10-8-15(21)17(20(23)24)14(18)4-3-11-12-5-6-16(22)19(12,2)9-7-13(11)18/h11-13H,3-10H2,1-2H3/t11-,12-,13+,18+,19-/m0/s1. The van der Waals surface area contributed by atoms with Crippen molar-refractivity contribution in [2.24, 2.45) is 28.6 Å². The van der Waals surface area contributed by atoms with Crippen molar-refractivity contribution in [1.82, 2.24) is 0 Å². The molecule has 0 aliphatic heterocycles. The van der Waals surface area contributed by atoms with Gasteiger partial charge in [-0.15, -0.1) is 0 Å². The quantitative estimate of drug-likeness (QED) is 0.542. The molecule has 0 aromatic carbocycles. The van der Waals surface area contributed by atoms with Crippen molar-refractivity contribution in [2.75, 3.05) is 0 Å². The van der Waals surface area contributed by atoms with Crippen molar-refractivity contribution in [1.29, 1.82) is 0 Å². The zero-order chi connectivity index (χ0) is 17.3. The van der Waals surface area contributed by atoms with Crippen LogP contribution in [0.1, 0.15) is 65.2 Å². The van der Waals surface area contributed by atoms with Gasteiger partial charge in [0, 0.05) is 23.8 Å². The summed E-state index contributed by atoms with van der Waals surface area (Å²) in [6, 6.07) is 0. The highest BCUT2D eigenvalue weighted by atomic mass is 16.6. The van der Waals surface area contributed by atoms with Crippen LogP contribution in [0.25, 0.3) is 0 Å². The minimum absolute atomic E-state index is 0.113. The first-order chi connectivity index (χ1) is 11.3. The fourth-order valence-corrected chi connectivity index (χ4v) is 6.67. The Hall–Kier alpha value is -1.52. The molecule has 130 valence electrons. The second-order valence-corrected chi connectivity index (χ2v) is 8.76. The summed E-state index contributed by atoms with van der Waals surface area (Å²) in [4.78, 5) is 35.6. The molecule has 0 unspecified atom stereocenters. The number of carbonyl (C=O) groups excluding carboxylic acids is 2. The number of hydrogen-bond donors (Lipinski definition) is 0. The summed E-state index contributed by atoms with van der Waals surface area (Å²) in [5, 5.41) is 11.5. The Balaban J connectivity index is 1.76. The van der Waals surface area contributed by atoms with Gasteiger partial charge in [0.2, 0.25) is 5.78 Å². The predicted octanol–water partition coefficient (Wildman–Crippen LogP) is 3.69. The second kappa shape index (κ2) is 4.99. The lowest BCUT2D eigenvalue weighted by Crippen LogP contribution is -2.51. The van der Waals surface area contributed by atoms with Crippen molar-refractivity contribution in [3.05, 3.63) is 21.4 Å². The molecule has 0 spiro atoms. The lowest BCUT2D eigenvalue weighted by Gasteiger charge is -2.56. The topological polar surface area (TPSA) is 77.3 Å². The van der Waals surface area contributed by atoms with Gasteiger partial charge in [0.1, 0.15) is 5.78 Å². The first-order valence-electron chi connectivity index (χ1n) is 9.23. The third-order valence-electron chi connectivity index (χ3n) is 7.99. The van der Waals surface area contributed by atoms with E-state index in [-0.39, 0.29) is 22.3 Å². The maximum absolute atomic E-state index is 12.4. The van der Waals surface area contributed by atoms with E-state index < -0.39 is 4.92 Å². The Labute approximate surface area is 142 Å². The molecule has 5 heteroatoms. The van der Waals surface area contributed by atoms with Gasteiger partial charge in [-0.1, -0.05) is 13.8 Å². The normalized spacial score (nSPS) is 44.8. The van der Waals surface area contributed by atoms with Crippen LogP contribution in [0.15, 0.2) is 11.3 Å². The first kappa shape index (κ1) is 16.0. The summed E-state index contributed by atoms with van der Waals surface area (Å²) in [5.41, 5.74) is 0.289. The predicted molar refractivity (Wildman–Crippen MR) is 87.7 cm³/mol. The molecule has 0 radical (unpaired) electrons. The van der Waals surface area contributed by atoms with Crippen LogP contribution >= 0.6 is 0 Å². The number of nitro groups is 1. The molecule has 0 N–H and O–H groups in total. The molecule has 0 amide bonds. The van der Waals surface area contributed by atoms with Crippen LogP contribution in [0, 0.1) is 38.7 Å². The summed E-state index contributed by atoms with van der Waals surface area (Å²) in [6.07, 6.45) is 6.12. The summed E-state index contributed by atoms with van der Waals surface area (Å²) < 4.78 is 0. The van der Waals surface area contributed by atoms with E-state index >= 15 is 0 Å². The third kappa shape index (κ3) is 1.87. The highest BCUT2D eigenvalue weighted by Gasteiger charge is 2.60. The fraction of sp³-hybridized carbons (Fsp3) is 0.789. The molecular weight excluding hydrogens is 306 g/mol. The monoisotopic (exact) mass is 331 g/mol. The van der Waals surface area contributed by atoms with E-state index in [1.807, 2.05) is 0 Å². The largest absolute Gasteiger partial charge is 0.311 e. The molecule has 0 saturated heterocycles. The van der Waals surface area contributed by atoms with Crippen LogP contribution in [0.2, 0.25) is 0 Å². The third-order valence-corrected chi connectivity index (χ3v) is 7.99. The average molecular weight is 331 g/mol. The Morgan fingerprint density at radius 1 is 0.958 bits per heavy atom. The highest BCUT2D eigenvalue weighted by Crippen LogP contribution is 2.64. The van der Waals surface area contributed by atoms with E-state index in [9.17, 15) is 19.7 Å². The molecular formula is C19H25NO4. The molecule has 0 heterocycles. The summed E-state index contributed by atoms with van der Waals surface area (Å²) in [5.74, 6) is 1.42. The number of carbonyl (C=O) groups is 2. The Bertz CT molecular complexity index is 681. The van der Waals surface area contributed by atoms with E-state index in [0.29, 0.717) is 42.8 Å². The highest BCUT2D eigenvalue weighted by molar-refractivity contribution is 5.95. The summed E-state index contributed by atoms with van der Waals surface area (Å²) >= 11 is 0. The molecule has 3 saturated carbocycles. The van der Waals surface area contributed by atoms with E-state index in [1.54, 1.807) is 0 Å². The van der Waals surface area contributed by atoms with Crippen LogP contribution in [0.4, 0.5) is 0 Å². The van der Waals surface area contributed by atoms with Crippen molar-refractivity contribution < 1.29 is 14.5 Å². The molecule has 0 aromatic rings. The number of allylic oxidation sites excluding steroid dienone is 1. The number of ketones is 2. The van der Waals surface area contributed by atoms with E-state index in [2.05, 4.69) is 13.8 Å².